The van der Waals surface area contributed by atoms with Gasteiger partial charge in [-0.1, -0.05) is 12.2 Å². The Bertz CT molecular complexity index is 166. The molecule has 0 aliphatic carbocycles. The van der Waals surface area contributed by atoms with Gasteiger partial charge in [0, 0.05) is 13.1 Å². The van der Waals surface area contributed by atoms with Crippen LogP contribution in [0.2, 0.25) is 0 Å². The third-order valence-corrected chi connectivity index (χ3v) is 1.03. The largest absolute Gasteiger partial charge is 0.319 e. The molecule has 0 bridgehead atoms. The minimum absolute atomic E-state index is 0.0324. The van der Waals surface area contributed by atoms with Gasteiger partial charge < -0.3 is 4.90 Å². The molecule has 0 saturated carbocycles. The molecule has 2 heteroatoms. The first-order valence-corrected chi connectivity index (χ1v) is 3.12. The van der Waals surface area contributed by atoms with Crippen molar-refractivity contribution >= 4 is 5.91 Å². The van der Waals surface area contributed by atoms with Gasteiger partial charge in [-0.3, -0.25) is 4.79 Å². The van der Waals surface area contributed by atoms with Crippen molar-refractivity contribution in [2.45, 2.75) is 13.8 Å². The molecule has 0 aromatic heterocycles. The van der Waals surface area contributed by atoms with Crippen LogP contribution in [0.25, 0.3) is 0 Å². The first kappa shape index (κ1) is 8.95. The predicted molar refractivity (Wildman–Crippen MR) is 42.4 cm³/mol. The molecule has 2 nitrogen and oxygen atoms in total. The van der Waals surface area contributed by atoms with Crippen LogP contribution in [-0.2, 0) is 4.79 Å². The monoisotopic (exact) mass is 139 g/mol. The van der Waals surface area contributed by atoms with Crippen molar-refractivity contribution in [3.63, 3.8) is 0 Å². The van der Waals surface area contributed by atoms with Gasteiger partial charge in [0.2, 0.25) is 5.91 Å². The number of amides is 1. The number of nitrogens with zero attached hydrogens (tertiary/aromatic N) is 1. The van der Waals surface area contributed by atoms with Gasteiger partial charge in [-0.05, 0) is 20.0 Å². The Hall–Kier alpha value is -1.05. The zero-order valence-corrected chi connectivity index (χ0v) is 6.72. The summed E-state index contributed by atoms with van der Waals surface area (Å²) < 4.78 is 0. The lowest BCUT2D eigenvalue weighted by molar-refractivity contribution is -0.122. The van der Waals surface area contributed by atoms with Crippen LogP contribution >= 0.6 is 0 Å². The SMILES string of the molecule is C=CN(C)C(=O)C=C(C)C. The molecule has 1 amide bonds. The van der Waals surface area contributed by atoms with E-state index >= 15 is 0 Å². The fourth-order valence-corrected chi connectivity index (χ4v) is 0.439. The molecule has 0 aliphatic heterocycles. The molecular formula is C8H13NO. The summed E-state index contributed by atoms with van der Waals surface area (Å²) in [5.74, 6) is -0.0324. The molecule has 0 radical (unpaired) electrons. The number of hydrogen-bond donors (Lipinski definition) is 0. The number of hydrogen-bond acceptors (Lipinski definition) is 1. The normalized spacial score (nSPS) is 8.30. The molecule has 0 unspecified atom stereocenters. The maximum atomic E-state index is 11.0. The molecule has 56 valence electrons. The van der Waals surface area contributed by atoms with Crippen LogP contribution in [0.5, 0.6) is 0 Å². The molecule has 0 N–H and O–H groups in total. The average Bonchev–Trinajstić information content (AvgIpc) is 1.85. The Labute approximate surface area is 61.8 Å². The van der Waals surface area contributed by atoms with Crippen molar-refractivity contribution in [3.05, 3.63) is 24.4 Å². The van der Waals surface area contributed by atoms with E-state index in [-0.39, 0.29) is 5.91 Å². The average molecular weight is 139 g/mol. The highest BCUT2D eigenvalue weighted by Gasteiger charge is 1.98. The van der Waals surface area contributed by atoms with E-state index in [1.165, 1.54) is 11.1 Å². The van der Waals surface area contributed by atoms with Gasteiger partial charge in [0.15, 0.2) is 0 Å². The van der Waals surface area contributed by atoms with E-state index < -0.39 is 0 Å². The standard InChI is InChI=1S/C8H13NO/c1-5-9(4)8(10)6-7(2)3/h5-6H,1H2,2-4H3. The second kappa shape index (κ2) is 3.88. The minimum Gasteiger partial charge on any atom is -0.319 e. The minimum atomic E-state index is -0.0324. The van der Waals surface area contributed by atoms with E-state index in [1.54, 1.807) is 13.1 Å². The third-order valence-electron chi connectivity index (χ3n) is 1.03. The summed E-state index contributed by atoms with van der Waals surface area (Å²) >= 11 is 0. The van der Waals surface area contributed by atoms with Crippen molar-refractivity contribution in [3.8, 4) is 0 Å². The highest BCUT2D eigenvalue weighted by Crippen LogP contribution is 1.92. The highest BCUT2D eigenvalue weighted by atomic mass is 16.2. The summed E-state index contributed by atoms with van der Waals surface area (Å²) in [6, 6.07) is 0. The van der Waals surface area contributed by atoms with Crippen LogP contribution < -0.4 is 0 Å². The van der Waals surface area contributed by atoms with E-state index in [0.29, 0.717) is 0 Å². The first-order chi connectivity index (χ1) is 4.57. The Morgan fingerprint density at radius 3 is 2.30 bits per heavy atom. The molecule has 0 saturated heterocycles. The number of likely N-dealkylation sites (N-methyl/N-ethyl adjacent to an activating group) is 1. The Morgan fingerprint density at radius 2 is 2.00 bits per heavy atom. The molecule has 0 aromatic carbocycles. The second-order valence-corrected chi connectivity index (χ2v) is 2.35. The van der Waals surface area contributed by atoms with Crippen molar-refractivity contribution < 1.29 is 4.79 Å². The fourth-order valence-electron chi connectivity index (χ4n) is 0.439. The Balaban J connectivity index is 4.10. The summed E-state index contributed by atoms with van der Waals surface area (Å²) in [5, 5.41) is 0. The van der Waals surface area contributed by atoms with Crippen LogP contribution in [0.1, 0.15) is 13.8 Å². The predicted octanol–water partition coefficient (Wildman–Crippen LogP) is 1.55. The lowest BCUT2D eigenvalue weighted by Crippen LogP contribution is -2.17. The Morgan fingerprint density at radius 1 is 1.50 bits per heavy atom. The van der Waals surface area contributed by atoms with Crippen molar-refractivity contribution in [2.75, 3.05) is 7.05 Å². The molecule has 0 aliphatic rings. The number of rotatable bonds is 2. The molecule has 0 rings (SSSR count). The zero-order chi connectivity index (χ0) is 8.15. The smallest absolute Gasteiger partial charge is 0.250 e. The highest BCUT2D eigenvalue weighted by molar-refractivity contribution is 5.88. The van der Waals surface area contributed by atoms with E-state index in [1.807, 2.05) is 13.8 Å². The number of carbonyl (C=O) groups excluding carboxylic acids is 1. The lowest BCUT2D eigenvalue weighted by atomic mass is 10.3. The topological polar surface area (TPSA) is 20.3 Å². The van der Waals surface area contributed by atoms with Crippen LogP contribution in [0.4, 0.5) is 0 Å². The lowest BCUT2D eigenvalue weighted by Gasteiger charge is -2.06. The zero-order valence-electron chi connectivity index (χ0n) is 6.72. The van der Waals surface area contributed by atoms with Crippen molar-refractivity contribution in [1.29, 1.82) is 0 Å². The molecule has 10 heavy (non-hydrogen) atoms. The number of carbonyl (C=O) groups is 1. The summed E-state index contributed by atoms with van der Waals surface area (Å²) in [7, 11) is 1.68. The molecule has 0 aromatic rings. The Kier molecular flexibility index (Phi) is 3.47. The van der Waals surface area contributed by atoms with Gasteiger partial charge >= 0.3 is 0 Å². The molecule has 0 atom stereocenters. The van der Waals surface area contributed by atoms with E-state index in [9.17, 15) is 4.79 Å². The number of allylic oxidation sites excluding steroid dienone is 1. The summed E-state index contributed by atoms with van der Waals surface area (Å²) in [6.45, 7) is 7.23. The summed E-state index contributed by atoms with van der Waals surface area (Å²) in [4.78, 5) is 12.4. The molecule has 0 spiro atoms. The van der Waals surface area contributed by atoms with Gasteiger partial charge in [0.25, 0.3) is 0 Å². The quantitative estimate of drug-likeness (QED) is 0.531. The van der Waals surface area contributed by atoms with Crippen molar-refractivity contribution in [1.82, 2.24) is 4.90 Å². The van der Waals surface area contributed by atoms with Gasteiger partial charge in [-0.25, -0.2) is 0 Å². The van der Waals surface area contributed by atoms with Crippen LogP contribution in [0, 0.1) is 0 Å². The third kappa shape index (κ3) is 3.07. The molecule has 0 fully saturated rings. The van der Waals surface area contributed by atoms with Gasteiger partial charge in [0.1, 0.15) is 0 Å². The van der Waals surface area contributed by atoms with E-state index in [4.69, 9.17) is 0 Å². The van der Waals surface area contributed by atoms with Crippen LogP contribution in [0.3, 0.4) is 0 Å². The van der Waals surface area contributed by atoms with Crippen LogP contribution in [-0.4, -0.2) is 17.9 Å². The second-order valence-electron chi connectivity index (χ2n) is 2.35. The van der Waals surface area contributed by atoms with Gasteiger partial charge in [-0.2, -0.15) is 0 Å². The van der Waals surface area contributed by atoms with E-state index in [2.05, 4.69) is 6.58 Å². The maximum absolute atomic E-state index is 11.0. The van der Waals surface area contributed by atoms with Crippen molar-refractivity contribution in [2.24, 2.45) is 0 Å². The van der Waals surface area contributed by atoms with Gasteiger partial charge in [0.05, 0.1) is 0 Å². The molecular weight excluding hydrogens is 126 g/mol. The maximum Gasteiger partial charge on any atom is 0.250 e. The van der Waals surface area contributed by atoms with Crippen LogP contribution in [0.15, 0.2) is 24.4 Å². The molecule has 0 heterocycles. The van der Waals surface area contributed by atoms with E-state index in [0.717, 1.165) is 5.57 Å². The first-order valence-electron chi connectivity index (χ1n) is 3.12. The fraction of sp³-hybridized carbons (Fsp3) is 0.375. The summed E-state index contributed by atoms with van der Waals surface area (Å²) in [5.41, 5.74) is 0.999. The van der Waals surface area contributed by atoms with Gasteiger partial charge in [-0.15, -0.1) is 0 Å². The summed E-state index contributed by atoms with van der Waals surface area (Å²) in [6.07, 6.45) is 3.06.